The highest BCUT2D eigenvalue weighted by molar-refractivity contribution is 5.86. The molecule has 1 aromatic carbocycles. The Morgan fingerprint density at radius 2 is 1.89 bits per heavy atom. The van der Waals surface area contributed by atoms with E-state index < -0.39 is 24.1 Å². The number of amides is 1. The lowest BCUT2D eigenvalue weighted by Gasteiger charge is -2.27. The normalized spacial score (nSPS) is 13.7. The van der Waals surface area contributed by atoms with Gasteiger partial charge in [-0.25, -0.2) is 9.18 Å². The lowest BCUT2D eigenvalue weighted by atomic mass is 9.92. The van der Waals surface area contributed by atoms with Gasteiger partial charge >= 0.3 is 5.97 Å². The Labute approximate surface area is 103 Å². The lowest BCUT2D eigenvalue weighted by molar-refractivity contribution is -0.148. The van der Waals surface area contributed by atoms with Crippen molar-refractivity contribution in [2.45, 2.75) is 18.9 Å². The van der Waals surface area contributed by atoms with E-state index in [9.17, 15) is 14.0 Å². The van der Waals surface area contributed by atoms with E-state index in [1.54, 1.807) is 0 Å². The summed E-state index contributed by atoms with van der Waals surface area (Å²) in [6, 6.07) is 5.69. The van der Waals surface area contributed by atoms with Crippen molar-refractivity contribution in [1.29, 1.82) is 0 Å². The number of alkyl halides is 1. The molecular formula is C12H14FNO4. The standard InChI is InChI=1S/C12H14FNO4/c1-8(15)14-12(7-13,11(17)18)6-9-2-4-10(16)5-3-9/h2-5,16H,6-7H2,1H3,(H,14,15)(H,17,18). The Morgan fingerprint density at radius 1 is 1.33 bits per heavy atom. The van der Waals surface area contributed by atoms with Gasteiger partial charge in [0.25, 0.3) is 0 Å². The Hall–Kier alpha value is -2.11. The molecule has 0 bridgehead atoms. The highest BCUT2D eigenvalue weighted by Gasteiger charge is 2.39. The highest BCUT2D eigenvalue weighted by Crippen LogP contribution is 2.18. The fraction of sp³-hybridized carbons (Fsp3) is 0.333. The van der Waals surface area contributed by atoms with Crippen molar-refractivity contribution in [3.05, 3.63) is 29.8 Å². The number of carbonyl (C=O) groups is 2. The molecule has 0 spiro atoms. The van der Waals surface area contributed by atoms with Gasteiger partial charge in [-0.05, 0) is 17.7 Å². The van der Waals surface area contributed by atoms with Crippen LogP contribution in [0.2, 0.25) is 0 Å². The van der Waals surface area contributed by atoms with Gasteiger partial charge in [0.2, 0.25) is 5.91 Å². The van der Waals surface area contributed by atoms with E-state index in [2.05, 4.69) is 5.32 Å². The molecule has 0 aliphatic carbocycles. The number of phenols is 1. The minimum Gasteiger partial charge on any atom is -0.508 e. The number of carboxylic acids is 1. The molecule has 1 amide bonds. The maximum absolute atomic E-state index is 13.0. The van der Waals surface area contributed by atoms with Gasteiger partial charge in [0, 0.05) is 13.3 Å². The van der Waals surface area contributed by atoms with E-state index >= 15 is 0 Å². The molecule has 3 N–H and O–H groups in total. The van der Waals surface area contributed by atoms with Crippen molar-refractivity contribution >= 4 is 11.9 Å². The molecule has 1 atom stereocenters. The summed E-state index contributed by atoms with van der Waals surface area (Å²) in [7, 11) is 0. The molecule has 18 heavy (non-hydrogen) atoms. The summed E-state index contributed by atoms with van der Waals surface area (Å²) in [5.41, 5.74) is -1.47. The summed E-state index contributed by atoms with van der Waals surface area (Å²) < 4.78 is 13.0. The van der Waals surface area contributed by atoms with E-state index in [0.29, 0.717) is 5.56 Å². The number of rotatable bonds is 5. The second-order valence-corrected chi connectivity index (χ2v) is 4.05. The molecule has 0 radical (unpaired) electrons. The van der Waals surface area contributed by atoms with Crippen molar-refractivity contribution in [1.82, 2.24) is 5.32 Å². The van der Waals surface area contributed by atoms with Gasteiger partial charge in [0.15, 0.2) is 5.54 Å². The summed E-state index contributed by atoms with van der Waals surface area (Å²) in [6.45, 7) is -0.0903. The first-order valence-electron chi connectivity index (χ1n) is 5.25. The molecule has 0 fully saturated rings. The molecule has 0 heterocycles. The molecule has 0 saturated heterocycles. The number of aliphatic carboxylic acids is 1. The molecule has 1 unspecified atom stereocenters. The van der Waals surface area contributed by atoms with Crippen LogP contribution >= 0.6 is 0 Å². The van der Waals surface area contributed by atoms with Crippen LogP contribution in [-0.4, -0.2) is 34.3 Å². The second kappa shape index (κ2) is 5.48. The molecule has 0 aliphatic rings. The van der Waals surface area contributed by atoms with E-state index in [-0.39, 0.29) is 12.2 Å². The third-order valence-electron chi connectivity index (χ3n) is 2.50. The molecule has 5 nitrogen and oxygen atoms in total. The van der Waals surface area contributed by atoms with Gasteiger partial charge in [-0.15, -0.1) is 0 Å². The van der Waals surface area contributed by atoms with Crippen molar-refractivity contribution in [3.8, 4) is 5.75 Å². The number of aromatic hydroxyl groups is 1. The van der Waals surface area contributed by atoms with Crippen LogP contribution in [0.5, 0.6) is 5.75 Å². The molecule has 1 aromatic rings. The fourth-order valence-electron chi connectivity index (χ4n) is 1.61. The molecule has 98 valence electrons. The van der Waals surface area contributed by atoms with Crippen LogP contribution in [0.25, 0.3) is 0 Å². The van der Waals surface area contributed by atoms with Crippen LogP contribution < -0.4 is 5.32 Å². The first kappa shape index (κ1) is 14.0. The van der Waals surface area contributed by atoms with Gasteiger partial charge in [0.1, 0.15) is 12.4 Å². The van der Waals surface area contributed by atoms with Gasteiger partial charge in [-0.1, -0.05) is 12.1 Å². The first-order chi connectivity index (χ1) is 8.39. The smallest absolute Gasteiger partial charge is 0.332 e. The number of phenolic OH excluding ortho intramolecular Hbond substituents is 1. The Kier molecular flexibility index (Phi) is 4.25. The summed E-state index contributed by atoms with van der Waals surface area (Å²) in [5.74, 6) is -2.03. The fourth-order valence-corrected chi connectivity index (χ4v) is 1.61. The second-order valence-electron chi connectivity index (χ2n) is 4.05. The van der Waals surface area contributed by atoms with E-state index in [1.165, 1.54) is 24.3 Å². The summed E-state index contributed by atoms with van der Waals surface area (Å²) in [4.78, 5) is 22.1. The van der Waals surface area contributed by atoms with Crippen LogP contribution in [0.15, 0.2) is 24.3 Å². The van der Waals surface area contributed by atoms with Gasteiger partial charge in [-0.2, -0.15) is 0 Å². The lowest BCUT2D eigenvalue weighted by Crippen LogP contribution is -2.57. The maximum Gasteiger partial charge on any atom is 0.332 e. The van der Waals surface area contributed by atoms with Crippen molar-refractivity contribution < 1.29 is 24.2 Å². The molecule has 1 rings (SSSR count). The largest absolute Gasteiger partial charge is 0.508 e. The van der Waals surface area contributed by atoms with Crippen LogP contribution in [0.1, 0.15) is 12.5 Å². The molecular weight excluding hydrogens is 241 g/mol. The van der Waals surface area contributed by atoms with Crippen molar-refractivity contribution in [3.63, 3.8) is 0 Å². The zero-order valence-electron chi connectivity index (χ0n) is 9.81. The topological polar surface area (TPSA) is 86.6 Å². The Morgan fingerprint density at radius 3 is 2.28 bits per heavy atom. The monoisotopic (exact) mass is 255 g/mol. The number of hydrogen-bond acceptors (Lipinski definition) is 3. The van der Waals surface area contributed by atoms with Gasteiger partial charge < -0.3 is 15.5 Å². The zero-order valence-corrected chi connectivity index (χ0v) is 9.81. The minimum absolute atomic E-state index is 0.0273. The predicted molar refractivity (Wildman–Crippen MR) is 62.0 cm³/mol. The Bertz CT molecular complexity index is 446. The van der Waals surface area contributed by atoms with Crippen LogP contribution in [0.4, 0.5) is 4.39 Å². The minimum atomic E-state index is -1.97. The van der Waals surface area contributed by atoms with E-state index in [4.69, 9.17) is 10.2 Å². The number of benzene rings is 1. The SMILES string of the molecule is CC(=O)NC(CF)(Cc1ccc(O)cc1)C(=O)O. The first-order valence-corrected chi connectivity index (χ1v) is 5.25. The maximum atomic E-state index is 13.0. The van der Waals surface area contributed by atoms with Crippen molar-refractivity contribution in [2.24, 2.45) is 0 Å². The number of hydrogen-bond donors (Lipinski definition) is 3. The number of nitrogens with one attached hydrogen (secondary N) is 1. The Balaban J connectivity index is 3.00. The zero-order chi connectivity index (χ0) is 13.8. The number of carboxylic acid groups (broad SMARTS) is 1. The van der Waals surface area contributed by atoms with Crippen LogP contribution in [0.3, 0.4) is 0 Å². The molecule has 0 aliphatic heterocycles. The van der Waals surface area contributed by atoms with Gasteiger partial charge in [0.05, 0.1) is 0 Å². The van der Waals surface area contributed by atoms with Crippen molar-refractivity contribution in [2.75, 3.05) is 6.67 Å². The van der Waals surface area contributed by atoms with Gasteiger partial charge in [-0.3, -0.25) is 4.79 Å². The average molecular weight is 255 g/mol. The van der Waals surface area contributed by atoms with Crippen LogP contribution in [-0.2, 0) is 16.0 Å². The average Bonchev–Trinajstić information content (AvgIpc) is 2.30. The molecule has 0 saturated carbocycles. The predicted octanol–water partition coefficient (Wildman–Crippen LogP) is 0.864. The molecule has 0 aromatic heterocycles. The van der Waals surface area contributed by atoms with E-state index in [0.717, 1.165) is 6.92 Å². The van der Waals surface area contributed by atoms with E-state index in [1.807, 2.05) is 0 Å². The number of halogens is 1. The highest BCUT2D eigenvalue weighted by atomic mass is 19.1. The third kappa shape index (κ3) is 3.19. The third-order valence-corrected chi connectivity index (χ3v) is 2.50. The summed E-state index contributed by atoms with van der Waals surface area (Å²) in [5, 5.41) is 20.3. The number of carbonyl (C=O) groups excluding carboxylic acids is 1. The molecule has 6 heteroatoms. The summed E-state index contributed by atoms with van der Waals surface area (Å²) in [6.07, 6.45) is -0.196. The summed E-state index contributed by atoms with van der Waals surface area (Å²) >= 11 is 0. The van der Waals surface area contributed by atoms with Crippen LogP contribution in [0, 0.1) is 0 Å². The quantitative estimate of drug-likeness (QED) is 0.728.